The molecule has 0 spiro atoms. The molecule has 3 unspecified atom stereocenters. The predicted octanol–water partition coefficient (Wildman–Crippen LogP) is 6.98. The number of hydrogen-bond acceptors (Lipinski definition) is 2. The van der Waals surface area contributed by atoms with Crippen molar-refractivity contribution in [2.45, 2.75) is 97.4 Å². The number of rotatable bonds is 8. The van der Waals surface area contributed by atoms with Crippen LogP contribution in [0.5, 0.6) is 0 Å². The molecule has 0 amide bonds. The molecule has 0 fully saturated rings. The quantitative estimate of drug-likeness (QED) is 0.332. The lowest BCUT2D eigenvalue weighted by Crippen LogP contribution is -2.67. The first-order valence-corrected chi connectivity index (χ1v) is 12.2. The molecular weight excluding hydrogens is 390 g/mol. The molecule has 3 nitrogen and oxygen atoms in total. The number of hydrogen-bond donors (Lipinski definition) is 0. The Morgan fingerprint density at radius 2 is 1.97 bits per heavy atom. The van der Waals surface area contributed by atoms with Crippen LogP contribution in [0.1, 0.15) is 91.1 Å². The second-order valence-electron chi connectivity index (χ2n) is 10.7. The lowest BCUT2D eigenvalue weighted by atomic mass is 9.61. The van der Waals surface area contributed by atoms with Crippen molar-refractivity contribution in [2.75, 3.05) is 0 Å². The van der Waals surface area contributed by atoms with Crippen LogP contribution in [0.2, 0.25) is 0 Å². The number of fused-ring (bicyclic) bond motifs is 3. The van der Waals surface area contributed by atoms with Crippen molar-refractivity contribution >= 4 is 0 Å². The summed E-state index contributed by atoms with van der Waals surface area (Å²) >= 11 is 0. The van der Waals surface area contributed by atoms with E-state index in [0.717, 1.165) is 30.7 Å². The summed E-state index contributed by atoms with van der Waals surface area (Å²) in [5.74, 6) is 0.643. The molecule has 0 aliphatic carbocycles. The Bertz CT molecular complexity index is 1020. The van der Waals surface area contributed by atoms with E-state index < -0.39 is 0 Å². The van der Waals surface area contributed by atoms with Gasteiger partial charge in [0.1, 0.15) is 11.2 Å². The Kier molecular flexibility index (Phi) is 6.79. The van der Waals surface area contributed by atoms with Gasteiger partial charge in [0.2, 0.25) is 0 Å². The maximum atomic E-state index is 5.04. The summed E-state index contributed by atoms with van der Waals surface area (Å²) in [6, 6.07) is 4.54. The van der Waals surface area contributed by atoms with Crippen molar-refractivity contribution in [1.82, 2.24) is 9.97 Å². The van der Waals surface area contributed by atoms with Crippen molar-refractivity contribution < 1.29 is 4.57 Å². The van der Waals surface area contributed by atoms with Crippen molar-refractivity contribution in [2.24, 2.45) is 5.92 Å². The Morgan fingerprint density at radius 3 is 2.59 bits per heavy atom. The fraction of sp³-hybridized carbons (Fsp3) is 0.552. The number of aromatic nitrogens is 3. The van der Waals surface area contributed by atoms with E-state index in [2.05, 4.69) is 108 Å². The van der Waals surface area contributed by atoms with E-state index in [1.807, 2.05) is 6.20 Å². The highest BCUT2D eigenvalue weighted by Crippen LogP contribution is 2.49. The minimum Gasteiger partial charge on any atom is -0.261 e. The Balaban J connectivity index is 2.13. The van der Waals surface area contributed by atoms with Gasteiger partial charge in [0, 0.05) is 34.4 Å². The summed E-state index contributed by atoms with van der Waals surface area (Å²) in [7, 11) is 0. The van der Waals surface area contributed by atoms with Crippen molar-refractivity contribution in [3.63, 3.8) is 0 Å². The number of pyridine rings is 1. The van der Waals surface area contributed by atoms with Crippen LogP contribution in [-0.2, 0) is 16.4 Å². The van der Waals surface area contributed by atoms with Gasteiger partial charge in [0.25, 0.3) is 6.33 Å². The van der Waals surface area contributed by atoms with Crippen LogP contribution in [0.15, 0.2) is 49.5 Å². The van der Waals surface area contributed by atoms with Crippen LogP contribution in [0, 0.1) is 12.8 Å². The topological polar surface area (TPSA) is 29.7 Å². The van der Waals surface area contributed by atoms with Crippen molar-refractivity contribution in [1.29, 1.82) is 0 Å². The van der Waals surface area contributed by atoms with Crippen LogP contribution in [0.4, 0.5) is 0 Å². The van der Waals surface area contributed by atoms with Crippen LogP contribution in [0.25, 0.3) is 11.3 Å². The molecule has 32 heavy (non-hydrogen) atoms. The average Bonchev–Trinajstić information content (AvgIpc) is 2.76. The zero-order valence-corrected chi connectivity index (χ0v) is 21.5. The van der Waals surface area contributed by atoms with Gasteiger partial charge in [0.05, 0.1) is 0 Å². The van der Waals surface area contributed by atoms with Gasteiger partial charge in [-0.2, -0.15) is 0 Å². The summed E-state index contributed by atoms with van der Waals surface area (Å²) in [6.45, 7) is 22.4. The van der Waals surface area contributed by atoms with Crippen LogP contribution in [0.3, 0.4) is 0 Å². The van der Waals surface area contributed by atoms with Gasteiger partial charge in [-0.25, -0.2) is 4.57 Å². The molecular formula is C29H42N3+. The van der Waals surface area contributed by atoms with Gasteiger partial charge < -0.3 is 0 Å². The first kappa shape index (κ1) is 24.4. The third-order valence-electron chi connectivity index (χ3n) is 8.17. The summed E-state index contributed by atoms with van der Waals surface area (Å²) in [4.78, 5) is 9.72. The monoisotopic (exact) mass is 432 g/mol. The second-order valence-corrected chi connectivity index (χ2v) is 10.7. The molecule has 2 aromatic rings. The molecule has 3 heteroatoms. The fourth-order valence-electron chi connectivity index (χ4n) is 5.74. The first-order valence-electron chi connectivity index (χ1n) is 12.2. The molecule has 0 saturated carbocycles. The van der Waals surface area contributed by atoms with Crippen LogP contribution >= 0.6 is 0 Å². The van der Waals surface area contributed by atoms with Crippen LogP contribution < -0.4 is 4.57 Å². The molecule has 0 N–H and O–H groups in total. The van der Waals surface area contributed by atoms with E-state index in [9.17, 15) is 0 Å². The van der Waals surface area contributed by atoms with Gasteiger partial charge >= 0.3 is 0 Å². The lowest BCUT2D eigenvalue weighted by Gasteiger charge is -2.47. The smallest absolute Gasteiger partial charge is 0.261 e. The Labute approximate surface area is 195 Å². The zero-order chi connectivity index (χ0) is 23.7. The third-order valence-corrected chi connectivity index (χ3v) is 8.17. The summed E-state index contributed by atoms with van der Waals surface area (Å²) in [5.41, 5.74) is 5.71. The van der Waals surface area contributed by atoms with Crippen molar-refractivity contribution in [3.05, 3.63) is 66.4 Å². The largest absolute Gasteiger partial charge is 0.287 e. The molecule has 0 aromatic carbocycles. The van der Waals surface area contributed by atoms with E-state index in [4.69, 9.17) is 4.98 Å². The summed E-state index contributed by atoms with van der Waals surface area (Å²) in [6.07, 6.45) is 15.0. The number of aryl methyl sites for hydroxylation is 1. The molecule has 172 valence electrons. The first-order chi connectivity index (χ1) is 15.1. The van der Waals surface area contributed by atoms with E-state index in [0.29, 0.717) is 5.92 Å². The third kappa shape index (κ3) is 3.84. The van der Waals surface area contributed by atoms with Gasteiger partial charge in [-0.05, 0) is 70.1 Å². The highest BCUT2D eigenvalue weighted by atomic mass is 15.1. The highest BCUT2D eigenvalue weighted by molar-refractivity contribution is 5.68. The van der Waals surface area contributed by atoms with Crippen molar-refractivity contribution in [3.8, 4) is 11.3 Å². The van der Waals surface area contributed by atoms with E-state index in [1.165, 1.54) is 23.2 Å². The molecule has 3 atom stereocenters. The summed E-state index contributed by atoms with van der Waals surface area (Å²) < 4.78 is 2.34. The standard InChI is InChI=1S/C29H42N3/c1-10-13-14-15-21(4)19-27(6,7)25-18-24-26-22(5)30-17-16-23(26)28(8,11-2)29(9,12-3)32(24)20-31-25/h10,12-13,16-18,20-21H,3,11,14-15,19H2,1-2,4-9H3/q+1. The second kappa shape index (κ2) is 8.92. The molecule has 2 aromatic heterocycles. The zero-order valence-electron chi connectivity index (χ0n) is 21.5. The molecule has 0 radical (unpaired) electrons. The molecule has 0 saturated heterocycles. The minimum absolute atomic E-state index is 0.00268. The maximum absolute atomic E-state index is 5.04. The molecule has 0 bridgehead atoms. The van der Waals surface area contributed by atoms with E-state index in [-0.39, 0.29) is 16.4 Å². The Morgan fingerprint density at radius 1 is 1.25 bits per heavy atom. The van der Waals surface area contributed by atoms with Gasteiger partial charge in [-0.15, -0.1) is 0 Å². The SMILES string of the molecule is C=CC1(C)[n+]2cnc(C(C)(C)CC(C)CCC=CC)cc2-c2c(ccnc2C)C1(C)CC. The van der Waals surface area contributed by atoms with E-state index >= 15 is 0 Å². The number of allylic oxidation sites excluding steroid dienone is 3. The maximum Gasteiger partial charge on any atom is 0.287 e. The Hall–Kier alpha value is -2.29. The normalized spacial score (nSPS) is 23.6. The molecule has 3 rings (SSSR count). The molecule has 3 heterocycles. The fourth-order valence-corrected chi connectivity index (χ4v) is 5.74. The minimum atomic E-state index is -0.271. The number of nitrogens with zero attached hydrogens (tertiary/aromatic N) is 3. The summed E-state index contributed by atoms with van der Waals surface area (Å²) in [5, 5.41) is 0. The van der Waals surface area contributed by atoms with Gasteiger partial charge in [-0.1, -0.05) is 58.3 Å². The van der Waals surface area contributed by atoms with E-state index in [1.54, 1.807) is 0 Å². The molecule has 1 aliphatic rings. The van der Waals surface area contributed by atoms with Gasteiger partial charge in [-0.3, -0.25) is 4.98 Å². The lowest BCUT2D eigenvalue weighted by molar-refractivity contribution is -0.754. The average molecular weight is 433 g/mol. The highest BCUT2D eigenvalue weighted by Gasteiger charge is 2.53. The van der Waals surface area contributed by atoms with Crippen LogP contribution in [-0.4, -0.2) is 9.97 Å². The molecule has 1 aliphatic heterocycles. The predicted molar refractivity (Wildman–Crippen MR) is 135 cm³/mol. The van der Waals surface area contributed by atoms with Gasteiger partial charge in [0.15, 0.2) is 5.69 Å².